The van der Waals surface area contributed by atoms with Crippen LogP contribution in [0.4, 0.5) is 5.69 Å². The molecule has 5 heteroatoms. The van der Waals surface area contributed by atoms with Crippen LogP contribution in [-0.4, -0.2) is 25.0 Å². The highest BCUT2D eigenvalue weighted by atomic mass is 16.5. The fourth-order valence-corrected chi connectivity index (χ4v) is 0.890. The predicted molar refractivity (Wildman–Crippen MR) is 46.5 cm³/mol. The number of nitrogens with two attached hydrogens (primary N) is 1. The lowest BCUT2D eigenvalue weighted by Gasteiger charge is -2.08. The third kappa shape index (κ3) is 1.50. The number of pyridine rings is 1. The smallest absolute Gasteiger partial charge is 0.236 e. The molecule has 1 heterocycles. The van der Waals surface area contributed by atoms with E-state index >= 15 is 0 Å². The lowest BCUT2D eigenvalue weighted by atomic mass is 10.0. The maximum absolute atomic E-state index is 8.84. The number of aliphatic hydroxyl groups is 1. The van der Waals surface area contributed by atoms with Gasteiger partial charge in [0.05, 0.1) is 13.7 Å². The van der Waals surface area contributed by atoms with Crippen molar-refractivity contribution in [2.45, 2.75) is 6.61 Å². The number of rotatable bonds is 2. The molecule has 2 radical (unpaired) electrons. The van der Waals surface area contributed by atoms with Gasteiger partial charge < -0.3 is 15.6 Å². The Bertz CT molecular complexity index is 266. The molecule has 0 aliphatic heterocycles. The van der Waals surface area contributed by atoms with Crippen LogP contribution >= 0.6 is 0 Å². The number of hydrogen-bond donors (Lipinski definition) is 2. The van der Waals surface area contributed by atoms with E-state index in [1.165, 1.54) is 13.2 Å². The van der Waals surface area contributed by atoms with Gasteiger partial charge >= 0.3 is 0 Å². The van der Waals surface area contributed by atoms with Crippen molar-refractivity contribution in [3.63, 3.8) is 0 Å². The topological polar surface area (TPSA) is 68.4 Å². The lowest BCUT2D eigenvalue weighted by Crippen LogP contribution is -2.13. The van der Waals surface area contributed by atoms with Gasteiger partial charge in [-0.15, -0.1) is 0 Å². The van der Waals surface area contributed by atoms with Crippen LogP contribution in [0.15, 0.2) is 6.07 Å². The summed E-state index contributed by atoms with van der Waals surface area (Å²) in [7, 11) is 6.87. The number of aromatic nitrogens is 1. The second kappa shape index (κ2) is 3.45. The molecule has 0 aromatic carbocycles. The molecule has 0 saturated heterocycles. The fourth-order valence-electron chi connectivity index (χ4n) is 0.890. The zero-order valence-corrected chi connectivity index (χ0v) is 6.74. The van der Waals surface area contributed by atoms with E-state index in [2.05, 4.69) is 4.98 Å². The van der Waals surface area contributed by atoms with E-state index in [1.807, 2.05) is 0 Å². The second-order valence-electron chi connectivity index (χ2n) is 2.29. The first-order chi connectivity index (χ1) is 5.69. The van der Waals surface area contributed by atoms with Crippen molar-refractivity contribution in [2.75, 3.05) is 12.8 Å². The van der Waals surface area contributed by atoms with Crippen LogP contribution in [0.2, 0.25) is 0 Å². The van der Waals surface area contributed by atoms with E-state index in [9.17, 15) is 0 Å². The molecule has 0 atom stereocenters. The summed E-state index contributed by atoms with van der Waals surface area (Å²) >= 11 is 0. The molecule has 0 amide bonds. The number of methoxy groups -OCH3 is 1. The average molecular weight is 164 g/mol. The monoisotopic (exact) mass is 164 g/mol. The number of aliphatic hydroxyl groups excluding tert-OH is 1. The van der Waals surface area contributed by atoms with Gasteiger partial charge in [-0.1, -0.05) is 0 Å². The first-order valence-corrected chi connectivity index (χ1v) is 3.38. The molecule has 62 valence electrons. The van der Waals surface area contributed by atoms with Gasteiger partial charge in [-0.3, -0.25) is 0 Å². The molecular formula is C7H9BN2O2. The van der Waals surface area contributed by atoms with Crippen LogP contribution in [0, 0.1) is 0 Å². The Hall–Kier alpha value is -1.23. The van der Waals surface area contributed by atoms with Crippen molar-refractivity contribution in [1.29, 1.82) is 0 Å². The van der Waals surface area contributed by atoms with Crippen LogP contribution in [-0.2, 0) is 6.61 Å². The highest BCUT2D eigenvalue weighted by molar-refractivity contribution is 6.30. The van der Waals surface area contributed by atoms with Crippen molar-refractivity contribution >= 4 is 19.1 Å². The zero-order chi connectivity index (χ0) is 9.14. The van der Waals surface area contributed by atoms with E-state index in [0.29, 0.717) is 11.3 Å². The highest BCUT2D eigenvalue weighted by Gasteiger charge is 2.06. The van der Waals surface area contributed by atoms with Crippen LogP contribution in [0.5, 0.6) is 5.88 Å². The third-order valence-corrected chi connectivity index (χ3v) is 1.49. The van der Waals surface area contributed by atoms with E-state index < -0.39 is 0 Å². The standard InChI is InChI=1S/C7H9BN2O2/c1-12-7-6(9)4(3-11)2-5(8)10-7/h2,11H,3,9H2,1H3. The Labute approximate surface area is 71.8 Å². The molecule has 1 aromatic heterocycles. The minimum Gasteiger partial charge on any atom is -0.480 e. The molecule has 1 rings (SSSR count). The van der Waals surface area contributed by atoms with Crippen molar-refractivity contribution in [2.24, 2.45) is 0 Å². The summed E-state index contributed by atoms with van der Waals surface area (Å²) in [5.74, 6) is 0.249. The number of nitrogens with zero attached hydrogens (tertiary/aromatic N) is 1. The summed E-state index contributed by atoms with van der Waals surface area (Å²) in [5, 5.41) is 8.84. The molecule has 0 aliphatic rings. The molecule has 3 N–H and O–H groups in total. The Balaban J connectivity index is 3.22. The molecule has 1 aromatic rings. The summed E-state index contributed by atoms with van der Waals surface area (Å²) in [4.78, 5) is 3.82. The summed E-state index contributed by atoms with van der Waals surface area (Å²) in [5.41, 5.74) is 6.71. The van der Waals surface area contributed by atoms with Gasteiger partial charge in [0, 0.05) is 5.56 Å². The maximum Gasteiger partial charge on any atom is 0.236 e. The largest absolute Gasteiger partial charge is 0.480 e. The van der Waals surface area contributed by atoms with Gasteiger partial charge in [0.25, 0.3) is 0 Å². The highest BCUT2D eigenvalue weighted by Crippen LogP contribution is 2.20. The predicted octanol–water partition coefficient (Wildman–Crippen LogP) is -1.04. The Morgan fingerprint density at radius 2 is 2.42 bits per heavy atom. The zero-order valence-electron chi connectivity index (χ0n) is 6.74. The summed E-state index contributed by atoms with van der Waals surface area (Å²) in [6.45, 7) is -0.172. The molecule has 0 saturated carbocycles. The minimum atomic E-state index is -0.172. The quantitative estimate of drug-likeness (QED) is 0.547. The SMILES string of the molecule is [B]c1cc(CO)c(N)c(OC)n1. The van der Waals surface area contributed by atoms with Crippen LogP contribution in [0.1, 0.15) is 5.56 Å². The van der Waals surface area contributed by atoms with E-state index in [0.717, 1.165) is 0 Å². The molecule has 0 fully saturated rings. The molecular weight excluding hydrogens is 155 g/mol. The van der Waals surface area contributed by atoms with Crippen molar-refractivity contribution in [3.05, 3.63) is 11.6 Å². The average Bonchev–Trinajstić information content (AvgIpc) is 2.08. The van der Waals surface area contributed by atoms with E-state index in [-0.39, 0.29) is 18.1 Å². The number of hydrogen-bond acceptors (Lipinski definition) is 4. The van der Waals surface area contributed by atoms with Gasteiger partial charge in [0.15, 0.2) is 0 Å². The minimum absolute atomic E-state index is 0.172. The van der Waals surface area contributed by atoms with Gasteiger partial charge in [-0.2, -0.15) is 0 Å². The Morgan fingerprint density at radius 1 is 1.75 bits per heavy atom. The summed E-state index contributed by atoms with van der Waals surface area (Å²) in [6, 6.07) is 1.51. The van der Waals surface area contributed by atoms with Crippen LogP contribution in [0.3, 0.4) is 0 Å². The fraction of sp³-hybridized carbons (Fsp3) is 0.286. The summed E-state index contributed by atoms with van der Waals surface area (Å²) in [6.07, 6.45) is 0. The summed E-state index contributed by atoms with van der Waals surface area (Å²) < 4.78 is 4.84. The molecule has 4 nitrogen and oxygen atoms in total. The van der Waals surface area contributed by atoms with Gasteiger partial charge in [0.1, 0.15) is 13.5 Å². The molecule has 0 unspecified atom stereocenters. The maximum atomic E-state index is 8.84. The van der Waals surface area contributed by atoms with Gasteiger partial charge in [0.2, 0.25) is 5.88 Å². The van der Waals surface area contributed by atoms with Crippen molar-refractivity contribution in [1.82, 2.24) is 4.98 Å². The molecule has 0 bridgehead atoms. The second-order valence-corrected chi connectivity index (χ2v) is 2.29. The Kier molecular flexibility index (Phi) is 2.55. The van der Waals surface area contributed by atoms with Gasteiger partial charge in [-0.25, -0.2) is 4.98 Å². The van der Waals surface area contributed by atoms with Crippen molar-refractivity contribution < 1.29 is 9.84 Å². The third-order valence-electron chi connectivity index (χ3n) is 1.49. The van der Waals surface area contributed by atoms with Crippen LogP contribution < -0.4 is 16.1 Å². The molecule has 12 heavy (non-hydrogen) atoms. The van der Waals surface area contributed by atoms with E-state index in [4.69, 9.17) is 23.4 Å². The number of nitrogen functional groups attached to an aromatic ring is 1. The lowest BCUT2D eigenvalue weighted by molar-refractivity contribution is 0.281. The molecule has 0 aliphatic carbocycles. The van der Waals surface area contributed by atoms with Crippen molar-refractivity contribution in [3.8, 4) is 5.88 Å². The first kappa shape index (κ1) is 8.87. The molecule has 0 spiro atoms. The first-order valence-electron chi connectivity index (χ1n) is 3.38. The van der Waals surface area contributed by atoms with Crippen LogP contribution in [0.25, 0.3) is 0 Å². The number of anilines is 1. The normalized spacial score (nSPS) is 9.83. The Morgan fingerprint density at radius 3 is 2.92 bits per heavy atom. The van der Waals surface area contributed by atoms with E-state index in [1.54, 1.807) is 0 Å². The van der Waals surface area contributed by atoms with Gasteiger partial charge in [-0.05, 0) is 11.7 Å². The number of ether oxygens (including phenoxy) is 1.